The van der Waals surface area contributed by atoms with Crippen molar-refractivity contribution in [1.29, 1.82) is 0 Å². The lowest BCUT2D eigenvalue weighted by molar-refractivity contribution is -0.160. The summed E-state index contributed by atoms with van der Waals surface area (Å²) in [5.41, 5.74) is 4.78. The molecule has 0 unspecified atom stereocenters. The van der Waals surface area contributed by atoms with Gasteiger partial charge in [0.05, 0.1) is 29.8 Å². The van der Waals surface area contributed by atoms with Crippen molar-refractivity contribution < 1.29 is 19.4 Å². The van der Waals surface area contributed by atoms with Gasteiger partial charge < -0.3 is 19.5 Å². The van der Waals surface area contributed by atoms with Crippen molar-refractivity contribution in [1.82, 2.24) is 9.97 Å². The number of ether oxygens (including phenoxy) is 2. The molecule has 0 saturated carbocycles. The Morgan fingerprint density at radius 1 is 1.13 bits per heavy atom. The van der Waals surface area contributed by atoms with Crippen molar-refractivity contribution in [3.05, 3.63) is 47.4 Å². The van der Waals surface area contributed by atoms with Crippen molar-refractivity contribution >= 4 is 11.7 Å². The molecular formula is C32H45N3O4. The largest absolute Gasteiger partial charge is 0.492 e. The van der Waals surface area contributed by atoms with Crippen molar-refractivity contribution in [3.8, 4) is 17.0 Å². The van der Waals surface area contributed by atoms with Crippen LogP contribution in [0.4, 0.5) is 5.69 Å². The zero-order chi connectivity index (χ0) is 28.2. The average molecular weight is 536 g/mol. The molecule has 2 aromatic heterocycles. The number of allylic oxidation sites excluding steroid dienone is 1. The molecule has 2 aromatic rings. The van der Waals surface area contributed by atoms with E-state index in [-0.39, 0.29) is 5.41 Å². The van der Waals surface area contributed by atoms with Crippen LogP contribution in [0.3, 0.4) is 0 Å². The number of carboxylic acids is 1. The summed E-state index contributed by atoms with van der Waals surface area (Å²) in [4.78, 5) is 24.3. The minimum Gasteiger partial charge on any atom is -0.492 e. The number of aliphatic carboxylic acids is 1. The van der Waals surface area contributed by atoms with Gasteiger partial charge in [-0.25, -0.2) is 4.79 Å². The first kappa shape index (κ1) is 29.1. The summed E-state index contributed by atoms with van der Waals surface area (Å²) in [6.45, 7) is 14.4. The number of nitrogens with zero attached hydrogens (tertiary/aromatic N) is 3. The van der Waals surface area contributed by atoms with Gasteiger partial charge in [-0.1, -0.05) is 25.5 Å². The summed E-state index contributed by atoms with van der Waals surface area (Å²) in [6, 6.07) is 3.89. The number of rotatable bonds is 9. The van der Waals surface area contributed by atoms with Gasteiger partial charge in [-0.3, -0.25) is 9.97 Å². The Morgan fingerprint density at radius 2 is 1.87 bits per heavy atom. The predicted octanol–water partition coefficient (Wildman–Crippen LogP) is 7.29. The molecule has 1 saturated heterocycles. The maximum atomic E-state index is 12.6. The normalized spacial score (nSPS) is 18.4. The zero-order valence-electron chi connectivity index (χ0n) is 24.5. The van der Waals surface area contributed by atoms with Crippen LogP contribution in [0.5, 0.6) is 5.75 Å². The second kappa shape index (κ2) is 12.1. The minimum atomic E-state index is -1.14. The Balaban J connectivity index is 1.67. The van der Waals surface area contributed by atoms with Crippen LogP contribution < -0.4 is 9.64 Å². The fourth-order valence-corrected chi connectivity index (χ4v) is 5.43. The molecule has 3 heterocycles. The fraction of sp³-hybridized carbons (Fsp3) is 0.594. The van der Waals surface area contributed by atoms with E-state index in [0.29, 0.717) is 17.9 Å². The number of pyridine rings is 2. The van der Waals surface area contributed by atoms with Crippen LogP contribution in [0.2, 0.25) is 0 Å². The smallest absolute Gasteiger partial charge is 0.337 e. The van der Waals surface area contributed by atoms with Gasteiger partial charge in [0.15, 0.2) is 6.10 Å². The van der Waals surface area contributed by atoms with E-state index in [9.17, 15) is 9.90 Å². The molecular weight excluding hydrogens is 490 g/mol. The third kappa shape index (κ3) is 7.59. The second-order valence-electron chi connectivity index (χ2n) is 12.7. The number of hydrogen-bond donors (Lipinski definition) is 1. The van der Waals surface area contributed by atoms with Crippen LogP contribution in [0.15, 0.2) is 36.2 Å². The number of piperidine rings is 1. The molecule has 0 amide bonds. The standard InChI is InChI=1S/C32H45N3O4/c1-22-27(29(30(36)37)39-31(2,3)4)28(35-17-15-32(5,6)16-18-35)25(21-33-22)26-13-12-24(20-34-26)38-19-14-23-10-8-7-9-11-23/h10,12-13,20-21,29H,7-9,11,14-19H2,1-6H3,(H,36,37)/t29-/m0/s1. The van der Waals surface area contributed by atoms with Crippen molar-refractivity contribution in [2.24, 2.45) is 5.41 Å². The maximum absolute atomic E-state index is 12.6. The first-order valence-corrected chi connectivity index (χ1v) is 14.4. The molecule has 2 aliphatic rings. The number of hydrogen-bond acceptors (Lipinski definition) is 6. The Hall–Kier alpha value is -2.93. The molecule has 1 aliphatic carbocycles. The zero-order valence-corrected chi connectivity index (χ0v) is 24.5. The van der Waals surface area contributed by atoms with Crippen molar-refractivity contribution in [2.45, 2.75) is 98.2 Å². The number of anilines is 1. The van der Waals surface area contributed by atoms with E-state index in [2.05, 4.69) is 29.8 Å². The Bertz CT molecular complexity index is 1170. The highest BCUT2D eigenvalue weighted by molar-refractivity contribution is 5.85. The minimum absolute atomic E-state index is 0.248. The van der Waals surface area contributed by atoms with Crippen LogP contribution in [0.1, 0.15) is 96.9 Å². The number of carbonyl (C=O) groups is 1. The topological polar surface area (TPSA) is 84.8 Å². The van der Waals surface area contributed by atoms with E-state index in [4.69, 9.17) is 14.5 Å². The molecule has 1 atom stereocenters. The Morgan fingerprint density at radius 3 is 2.46 bits per heavy atom. The van der Waals surface area contributed by atoms with Crippen molar-refractivity contribution in [3.63, 3.8) is 0 Å². The summed E-state index contributed by atoms with van der Waals surface area (Å²) < 4.78 is 12.1. The van der Waals surface area contributed by atoms with Gasteiger partial charge in [-0.15, -0.1) is 0 Å². The van der Waals surface area contributed by atoms with Crippen LogP contribution in [-0.2, 0) is 9.53 Å². The van der Waals surface area contributed by atoms with Crippen LogP contribution in [0.25, 0.3) is 11.3 Å². The first-order chi connectivity index (χ1) is 18.4. The highest BCUT2D eigenvalue weighted by atomic mass is 16.5. The molecule has 1 aliphatic heterocycles. The van der Waals surface area contributed by atoms with Gasteiger partial charge in [-0.05, 0) is 83.8 Å². The number of aromatic nitrogens is 2. The average Bonchev–Trinajstić information content (AvgIpc) is 2.88. The molecule has 7 nitrogen and oxygen atoms in total. The predicted molar refractivity (Wildman–Crippen MR) is 155 cm³/mol. The summed E-state index contributed by atoms with van der Waals surface area (Å²) >= 11 is 0. The molecule has 212 valence electrons. The SMILES string of the molecule is Cc1ncc(-c2ccc(OCCC3=CCCCC3)cn2)c(N2CCC(C)(C)CC2)c1[C@H](OC(C)(C)C)C(=O)O. The van der Waals surface area contributed by atoms with Crippen molar-refractivity contribution in [2.75, 3.05) is 24.6 Å². The molecule has 39 heavy (non-hydrogen) atoms. The Kier molecular flexibility index (Phi) is 9.00. The Labute approximate surface area is 233 Å². The second-order valence-corrected chi connectivity index (χ2v) is 12.7. The lowest BCUT2D eigenvalue weighted by atomic mass is 9.82. The molecule has 1 N–H and O–H groups in total. The lowest BCUT2D eigenvalue weighted by Crippen LogP contribution is -2.39. The highest BCUT2D eigenvalue weighted by Crippen LogP contribution is 2.43. The van der Waals surface area contributed by atoms with E-state index in [0.717, 1.165) is 55.0 Å². The highest BCUT2D eigenvalue weighted by Gasteiger charge is 2.36. The van der Waals surface area contributed by atoms with Gasteiger partial charge in [-0.2, -0.15) is 0 Å². The van der Waals surface area contributed by atoms with Crippen LogP contribution in [-0.4, -0.2) is 46.3 Å². The number of aryl methyl sites for hydroxylation is 1. The molecule has 0 spiro atoms. The fourth-order valence-electron chi connectivity index (χ4n) is 5.43. The van der Waals surface area contributed by atoms with E-state index >= 15 is 0 Å². The quantitative estimate of drug-likeness (QED) is 0.338. The molecule has 0 radical (unpaired) electrons. The summed E-state index contributed by atoms with van der Waals surface area (Å²) in [7, 11) is 0. The monoisotopic (exact) mass is 535 g/mol. The molecule has 1 fully saturated rings. The lowest BCUT2D eigenvalue weighted by Gasteiger charge is -2.40. The molecule has 0 aromatic carbocycles. The molecule has 7 heteroatoms. The van der Waals surface area contributed by atoms with E-state index in [1.54, 1.807) is 6.20 Å². The third-order valence-electron chi connectivity index (χ3n) is 7.77. The summed E-state index contributed by atoms with van der Waals surface area (Å²) in [5, 5.41) is 10.3. The number of carboxylic acid groups (broad SMARTS) is 1. The van der Waals surface area contributed by atoms with Gasteiger partial charge >= 0.3 is 5.97 Å². The molecule has 4 rings (SSSR count). The van der Waals surface area contributed by atoms with Gasteiger partial charge in [0.1, 0.15) is 5.75 Å². The van der Waals surface area contributed by atoms with Gasteiger partial charge in [0.2, 0.25) is 0 Å². The maximum Gasteiger partial charge on any atom is 0.337 e. The van der Waals surface area contributed by atoms with Gasteiger partial charge in [0.25, 0.3) is 0 Å². The van der Waals surface area contributed by atoms with Crippen LogP contribution >= 0.6 is 0 Å². The van der Waals surface area contributed by atoms with Gasteiger partial charge in [0, 0.05) is 42.5 Å². The summed E-state index contributed by atoms with van der Waals surface area (Å²) in [6.07, 6.45) is 12.7. The van der Waals surface area contributed by atoms with Crippen LogP contribution in [0, 0.1) is 12.3 Å². The summed E-state index contributed by atoms with van der Waals surface area (Å²) in [5.74, 6) is -0.286. The first-order valence-electron chi connectivity index (χ1n) is 14.4. The van der Waals surface area contributed by atoms with E-state index in [1.807, 2.05) is 46.0 Å². The van der Waals surface area contributed by atoms with E-state index in [1.165, 1.54) is 31.3 Å². The third-order valence-corrected chi connectivity index (χ3v) is 7.77. The van der Waals surface area contributed by atoms with E-state index < -0.39 is 17.7 Å². The molecule has 0 bridgehead atoms.